The highest BCUT2D eigenvalue weighted by Gasteiger charge is 2.33. The molecule has 6 heteroatoms. The summed E-state index contributed by atoms with van der Waals surface area (Å²) in [5.74, 6) is 0.544. The summed E-state index contributed by atoms with van der Waals surface area (Å²) in [5, 5.41) is -0.157. The summed E-state index contributed by atoms with van der Waals surface area (Å²) in [6.45, 7) is -2.84. The van der Waals surface area contributed by atoms with Crippen molar-refractivity contribution in [3.8, 4) is 5.75 Å². The Morgan fingerprint density at radius 3 is 2.41 bits per heavy atom. The van der Waals surface area contributed by atoms with E-state index in [-0.39, 0.29) is 17.0 Å². The molecule has 1 heterocycles. The second kappa shape index (κ2) is 6.36. The molecule has 1 saturated heterocycles. The molecular weight excluding hydrogens is 308 g/mol. The SMILES string of the molecule is O=C1CSC(c2ccc(OC(F)F)cc2)N1c1ccccc1. The van der Waals surface area contributed by atoms with Gasteiger partial charge in [-0.3, -0.25) is 9.69 Å². The van der Waals surface area contributed by atoms with E-state index in [1.807, 2.05) is 30.3 Å². The second-order valence-electron chi connectivity index (χ2n) is 4.71. The number of anilines is 1. The number of ether oxygens (including phenoxy) is 1. The van der Waals surface area contributed by atoms with Crippen LogP contribution in [0.3, 0.4) is 0 Å². The molecule has 114 valence electrons. The number of nitrogens with zero attached hydrogens (tertiary/aromatic N) is 1. The lowest BCUT2D eigenvalue weighted by atomic mass is 10.2. The fourth-order valence-corrected chi connectivity index (χ4v) is 3.53. The van der Waals surface area contributed by atoms with Gasteiger partial charge < -0.3 is 4.74 Å². The number of rotatable bonds is 4. The maximum atomic E-state index is 12.2. The number of para-hydroxylation sites is 1. The van der Waals surface area contributed by atoms with E-state index >= 15 is 0 Å². The maximum Gasteiger partial charge on any atom is 0.387 e. The van der Waals surface area contributed by atoms with E-state index in [9.17, 15) is 13.6 Å². The van der Waals surface area contributed by atoms with Crippen LogP contribution in [0.15, 0.2) is 54.6 Å². The highest BCUT2D eigenvalue weighted by Crippen LogP contribution is 2.41. The summed E-state index contributed by atoms with van der Waals surface area (Å²) in [7, 11) is 0. The largest absolute Gasteiger partial charge is 0.435 e. The van der Waals surface area contributed by atoms with E-state index in [4.69, 9.17) is 0 Å². The number of alkyl halides is 2. The lowest BCUT2D eigenvalue weighted by molar-refractivity contribution is -0.115. The molecule has 1 atom stereocenters. The molecule has 2 aromatic carbocycles. The van der Waals surface area contributed by atoms with Crippen LogP contribution < -0.4 is 9.64 Å². The predicted octanol–water partition coefficient (Wildman–Crippen LogP) is 4.07. The molecule has 1 fully saturated rings. The van der Waals surface area contributed by atoms with Crippen molar-refractivity contribution >= 4 is 23.4 Å². The summed E-state index contributed by atoms with van der Waals surface area (Å²) in [6.07, 6.45) is 0. The average Bonchev–Trinajstić information content (AvgIpc) is 2.90. The van der Waals surface area contributed by atoms with Gasteiger partial charge in [0, 0.05) is 5.69 Å². The van der Waals surface area contributed by atoms with E-state index in [0.717, 1.165) is 11.3 Å². The first-order valence-electron chi connectivity index (χ1n) is 6.68. The lowest BCUT2D eigenvalue weighted by Crippen LogP contribution is -2.27. The van der Waals surface area contributed by atoms with E-state index in [2.05, 4.69) is 4.74 Å². The van der Waals surface area contributed by atoms with Crippen LogP contribution >= 0.6 is 11.8 Å². The molecule has 0 radical (unpaired) electrons. The van der Waals surface area contributed by atoms with Gasteiger partial charge in [0.2, 0.25) is 5.91 Å². The summed E-state index contributed by atoms with van der Waals surface area (Å²) in [4.78, 5) is 13.9. The van der Waals surface area contributed by atoms with Crippen LogP contribution in [0, 0.1) is 0 Å². The van der Waals surface area contributed by atoms with Crippen LogP contribution in [-0.4, -0.2) is 18.3 Å². The van der Waals surface area contributed by atoms with Crippen molar-refractivity contribution in [1.29, 1.82) is 0 Å². The van der Waals surface area contributed by atoms with Gasteiger partial charge >= 0.3 is 6.61 Å². The Balaban J connectivity index is 1.85. The molecule has 1 amide bonds. The first kappa shape index (κ1) is 14.8. The molecule has 1 aliphatic heterocycles. The number of hydrogen-bond donors (Lipinski definition) is 0. The van der Waals surface area contributed by atoms with Gasteiger partial charge in [-0.1, -0.05) is 30.3 Å². The van der Waals surface area contributed by atoms with Crippen molar-refractivity contribution in [2.45, 2.75) is 12.0 Å². The highest BCUT2D eigenvalue weighted by atomic mass is 32.2. The van der Waals surface area contributed by atoms with E-state index in [1.165, 1.54) is 23.9 Å². The third kappa shape index (κ3) is 3.06. The third-order valence-corrected chi connectivity index (χ3v) is 4.51. The van der Waals surface area contributed by atoms with Crippen molar-refractivity contribution in [2.75, 3.05) is 10.7 Å². The Hall–Kier alpha value is -2.08. The summed E-state index contributed by atoms with van der Waals surface area (Å²) in [6, 6.07) is 15.8. The van der Waals surface area contributed by atoms with Gasteiger partial charge in [-0.25, -0.2) is 0 Å². The Morgan fingerprint density at radius 2 is 1.77 bits per heavy atom. The maximum absolute atomic E-state index is 12.2. The molecule has 3 rings (SSSR count). The first-order valence-corrected chi connectivity index (χ1v) is 7.73. The molecule has 2 aromatic rings. The molecule has 1 aliphatic rings. The molecule has 22 heavy (non-hydrogen) atoms. The van der Waals surface area contributed by atoms with Gasteiger partial charge in [-0.15, -0.1) is 11.8 Å². The number of thioether (sulfide) groups is 1. The standard InChI is InChI=1S/C16H13F2NO2S/c17-16(18)21-13-8-6-11(7-9-13)15-19(14(20)10-22-15)12-4-2-1-3-5-12/h1-9,15-16H,10H2. The van der Waals surface area contributed by atoms with Crippen molar-refractivity contribution < 1.29 is 18.3 Å². The van der Waals surface area contributed by atoms with Crippen molar-refractivity contribution in [2.24, 2.45) is 0 Å². The van der Waals surface area contributed by atoms with Crippen molar-refractivity contribution in [1.82, 2.24) is 0 Å². The zero-order valence-corrected chi connectivity index (χ0v) is 12.3. The molecule has 0 saturated carbocycles. The van der Waals surface area contributed by atoms with Crippen LogP contribution in [0.4, 0.5) is 14.5 Å². The van der Waals surface area contributed by atoms with E-state index < -0.39 is 6.61 Å². The number of amides is 1. The van der Waals surface area contributed by atoms with Gasteiger partial charge in [-0.05, 0) is 29.8 Å². The Kier molecular flexibility index (Phi) is 4.29. The minimum atomic E-state index is -2.84. The molecule has 0 aromatic heterocycles. The Morgan fingerprint density at radius 1 is 1.09 bits per heavy atom. The van der Waals surface area contributed by atoms with Crippen molar-refractivity contribution in [3.63, 3.8) is 0 Å². The fourth-order valence-electron chi connectivity index (χ4n) is 2.35. The highest BCUT2D eigenvalue weighted by molar-refractivity contribution is 8.00. The average molecular weight is 321 g/mol. The normalized spacial score (nSPS) is 18.0. The fraction of sp³-hybridized carbons (Fsp3) is 0.188. The molecule has 0 spiro atoms. The zero-order valence-electron chi connectivity index (χ0n) is 11.5. The Labute approximate surface area is 130 Å². The van der Waals surface area contributed by atoms with Crippen LogP contribution in [0.1, 0.15) is 10.9 Å². The monoisotopic (exact) mass is 321 g/mol. The second-order valence-corrected chi connectivity index (χ2v) is 5.78. The molecule has 1 unspecified atom stereocenters. The summed E-state index contributed by atoms with van der Waals surface area (Å²) in [5.41, 5.74) is 1.71. The molecule has 3 nitrogen and oxygen atoms in total. The number of hydrogen-bond acceptors (Lipinski definition) is 3. The van der Waals surface area contributed by atoms with Gasteiger partial charge in [0.05, 0.1) is 5.75 Å². The number of benzene rings is 2. The summed E-state index contributed by atoms with van der Waals surface area (Å²) < 4.78 is 28.7. The van der Waals surface area contributed by atoms with Gasteiger partial charge in [-0.2, -0.15) is 8.78 Å². The van der Waals surface area contributed by atoms with Gasteiger partial charge in [0.25, 0.3) is 0 Å². The van der Waals surface area contributed by atoms with Crippen LogP contribution in [0.2, 0.25) is 0 Å². The van der Waals surface area contributed by atoms with Crippen LogP contribution in [-0.2, 0) is 4.79 Å². The first-order chi connectivity index (χ1) is 10.6. The van der Waals surface area contributed by atoms with Crippen LogP contribution in [0.5, 0.6) is 5.75 Å². The quantitative estimate of drug-likeness (QED) is 0.850. The third-order valence-electron chi connectivity index (χ3n) is 3.29. The zero-order chi connectivity index (χ0) is 15.5. The Bertz CT molecular complexity index is 649. The lowest BCUT2D eigenvalue weighted by Gasteiger charge is -2.24. The summed E-state index contributed by atoms with van der Waals surface area (Å²) >= 11 is 1.51. The topological polar surface area (TPSA) is 29.5 Å². The smallest absolute Gasteiger partial charge is 0.387 e. The minimum Gasteiger partial charge on any atom is -0.435 e. The van der Waals surface area contributed by atoms with Gasteiger partial charge in [0.15, 0.2) is 0 Å². The van der Waals surface area contributed by atoms with E-state index in [0.29, 0.717) is 5.75 Å². The van der Waals surface area contributed by atoms with Crippen molar-refractivity contribution in [3.05, 3.63) is 60.2 Å². The minimum absolute atomic E-state index is 0.0362. The van der Waals surface area contributed by atoms with Gasteiger partial charge in [0.1, 0.15) is 11.1 Å². The number of halogens is 2. The number of carbonyl (C=O) groups excluding carboxylic acids is 1. The molecular formula is C16H13F2NO2S. The molecule has 0 aliphatic carbocycles. The molecule has 0 N–H and O–H groups in total. The predicted molar refractivity (Wildman–Crippen MR) is 82.2 cm³/mol. The number of carbonyl (C=O) groups is 1. The van der Waals surface area contributed by atoms with Crippen LogP contribution in [0.25, 0.3) is 0 Å². The molecule has 0 bridgehead atoms. The van der Waals surface area contributed by atoms with E-state index in [1.54, 1.807) is 17.0 Å².